The Hall–Kier alpha value is -4.31. The first kappa shape index (κ1) is 33.6. The SMILES string of the molecule is Cl.O=c1ccc2ccc(OCCCCOc3ccc4ccc(OCCCCN5CCN(c6cccc7sccc67)CC5)nc4c3)cc2[nH]1. The number of hydrogen-bond acceptors (Lipinski definition) is 8. The number of aromatic amines is 1. The summed E-state index contributed by atoms with van der Waals surface area (Å²) in [5.41, 5.74) is 2.91. The van der Waals surface area contributed by atoms with Gasteiger partial charge in [-0.2, -0.15) is 0 Å². The number of fused-ring (bicyclic) bond motifs is 3. The lowest BCUT2D eigenvalue weighted by molar-refractivity contribution is 0.237. The molecule has 0 atom stereocenters. The molecule has 3 aromatic heterocycles. The van der Waals surface area contributed by atoms with Crippen LogP contribution in [0, 0.1) is 0 Å². The topological polar surface area (TPSA) is 79.9 Å². The maximum absolute atomic E-state index is 11.6. The third kappa shape index (κ3) is 8.39. The molecule has 1 fully saturated rings. The van der Waals surface area contributed by atoms with Gasteiger partial charge in [-0.1, -0.05) is 6.07 Å². The van der Waals surface area contributed by atoms with Crippen molar-refractivity contribution >= 4 is 61.3 Å². The van der Waals surface area contributed by atoms with Gasteiger partial charge in [0.1, 0.15) is 11.5 Å². The Morgan fingerprint density at radius 1 is 0.729 bits per heavy atom. The van der Waals surface area contributed by atoms with Gasteiger partial charge in [-0.05, 0) is 97.6 Å². The summed E-state index contributed by atoms with van der Waals surface area (Å²) in [6.45, 7) is 7.28. The number of piperazine rings is 1. The highest BCUT2D eigenvalue weighted by atomic mass is 35.5. The van der Waals surface area contributed by atoms with E-state index in [1.165, 1.54) is 21.8 Å². The van der Waals surface area contributed by atoms with E-state index in [9.17, 15) is 4.79 Å². The second kappa shape index (κ2) is 16.2. The summed E-state index contributed by atoms with van der Waals surface area (Å²) < 4.78 is 19.3. The summed E-state index contributed by atoms with van der Waals surface area (Å²) in [6.07, 6.45) is 3.83. The smallest absolute Gasteiger partial charge is 0.248 e. The lowest BCUT2D eigenvalue weighted by Crippen LogP contribution is -2.46. The first-order valence-electron chi connectivity index (χ1n) is 16.5. The monoisotopic (exact) mass is 684 g/mol. The van der Waals surface area contributed by atoms with Crippen LogP contribution < -0.4 is 24.7 Å². The third-order valence-electron chi connectivity index (χ3n) is 8.72. The van der Waals surface area contributed by atoms with Gasteiger partial charge in [-0.15, -0.1) is 23.7 Å². The molecule has 7 rings (SSSR count). The van der Waals surface area contributed by atoms with Crippen molar-refractivity contribution in [2.45, 2.75) is 25.7 Å². The number of unbranched alkanes of at least 4 members (excludes halogenated alkanes) is 2. The molecule has 6 aromatic rings. The first-order valence-corrected chi connectivity index (χ1v) is 17.4. The zero-order valence-corrected chi connectivity index (χ0v) is 28.6. The van der Waals surface area contributed by atoms with Crippen molar-refractivity contribution in [3.63, 3.8) is 0 Å². The summed E-state index contributed by atoms with van der Waals surface area (Å²) in [5, 5.41) is 5.61. The van der Waals surface area contributed by atoms with E-state index in [1.54, 1.807) is 0 Å². The van der Waals surface area contributed by atoms with Gasteiger partial charge in [-0.3, -0.25) is 9.69 Å². The van der Waals surface area contributed by atoms with E-state index < -0.39 is 0 Å². The van der Waals surface area contributed by atoms with E-state index in [0.717, 1.165) is 91.7 Å². The van der Waals surface area contributed by atoms with Crippen LogP contribution in [-0.4, -0.2) is 67.4 Å². The normalized spacial score (nSPS) is 13.5. The number of rotatable bonds is 14. The van der Waals surface area contributed by atoms with E-state index in [-0.39, 0.29) is 18.0 Å². The minimum atomic E-state index is -0.116. The van der Waals surface area contributed by atoms with Crippen molar-refractivity contribution in [1.82, 2.24) is 14.9 Å². The van der Waals surface area contributed by atoms with E-state index in [4.69, 9.17) is 19.2 Å². The molecule has 3 aromatic carbocycles. The summed E-state index contributed by atoms with van der Waals surface area (Å²) in [5.74, 6) is 2.20. The lowest BCUT2D eigenvalue weighted by Gasteiger charge is -2.36. The van der Waals surface area contributed by atoms with Gasteiger partial charge >= 0.3 is 0 Å². The van der Waals surface area contributed by atoms with Crippen molar-refractivity contribution in [2.24, 2.45) is 0 Å². The summed E-state index contributed by atoms with van der Waals surface area (Å²) in [7, 11) is 0. The van der Waals surface area contributed by atoms with Crippen molar-refractivity contribution in [2.75, 3.05) is 57.4 Å². The molecule has 48 heavy (non-hydrogen) atoms. The highest BCUT2D eigenvalue weighted by Crippen LogP contribution is 2.31. The molecule has 1 aliphatic heterocycles. The lowest BCUT2D eigenvalue weighted by atomic mass is 10.2. The number of ether oxygens (including phenoxy) is 3. The molecule has 0 saturated carbocycles. The molecule has 250 valence electrons. The van der Waals surface area contributed by atoms with E-state index in [1.807, 2.05) is 59.9 Å². The summed E-state index contributed by atoms with van der Waals surface area (Å²) in [4.78, 5) is 24.3. The van der Waals surface area contributed by atoms with E-state index in [2.05, 4.69) is 50.5 Å². The first-order chi connectivity index (χ1) is 23.2. The van der Waals surface area contributed by atoms with Gasteiger partial charge in [0, 0.05) is 71.6 Å². The molecule has 4 heterocycles. The standard InChI is InChI=1S/C38H40N4O4S.ClH/c43-37-14-10-28-8-12-30(26-33(28)39-37)44-22-3-4-23-45-31-13-9-29-11-15-38(40-34(29)27-31)46-24-2-1-17-41-18-20-42(21-19-41)35-6-5-7-36-32(35)16-25-47-36;/h5-16,25-27H,1-4,17-24H2,(H,39,43);1H. The zero-order chi connectivity index (χ0) is 31.8. The van der Waals surface area contributed by atoms with Crippen molar-refractivity contribution in [3.8, 4) is 17.4 Å². The maximum Gasteiger partial charge on any atom is 0.248 e. The van der Waals surface area contributed by atoms with Crippen molar-refractivity contribution in [3.05, 3.63) is 101 Å². The van der Waals surface area contributed by atoms with Crippen molar-refractivity contribution < 1.29 is 14.2 Å². The Kier molecular flexibility index (Phi) is 11.3. The molecule has 0 bridgehead atoms. The number of benzene rings is 3. The van der Waals surface area contributed by atoms with E-state index >= 15 is 0 Å². The average Bonchev–Trinajstić information content (AvgIpc) is 3.59. The number of thiophene rings is 1. The van der Waals surface area contributed by atoms with Crippen LogP contribution in [-0.2, 0) is 0 Å². The third-order valence-corrected chi connectivity index (χ3v) is 9.60. The van der Waals surface area contributed by atoms with Gasteiger partial charge < -0.3 is 24.1 Å². The highest BCUT2D eigenvalue weighted by Gasteiger charge is 2.18. The number of pyridine rings is 2. The molecule has 0 spiro atoms. The number of nitrogens with one attached hydrogen (secondary N) is 1. The van der Waals surface area contributed by atoms with Gasteiger partial charge in [-0.25, -0.2) is 4.98 Å². The molecule has 0 unspecified atom stereocenters. The van der Waals surface area contributed by atoms with Crippen LogP contribution in [0.25, 0.3) is 31.9 Å². The Bertz CT molecular complexity index is 2010. The molecule has 1 aliphatic rings. The number of hydrogen-bond donors (Lipinski definition) is 1. The van der Waals surface area contributed by atoms with Crippen LogP contribution in [0.4, 0.5) is 5.69 Å². The Labute approximate surface area is 290 Å². The van der Waals surface area contributed by atoms with Gasteiger partial charge in [0.05, 0.1) is 30.9 Å². The molecule has 0 amide bonds. The molecule has 1 saturated heterocycles. The average molecular weight is 685 g/mol. The van der Waals surface area contributed by atoms with Crippen LogP contribution in [0.5, 0.6) is 17.4 Å². The minimum Gasteiger partial charge on any atom is -0.494 e. The maximum atomic E-state index is 11.6. The Morgan fingerprint density at radius 3 is 2.27 bits per heavy atom. The molecule has 1 N–H and O–H groups in total. The van der Waals surface area contributed by atoms with Gasteiger partial charge in [0.2, 0.25) is 11.4 Å². The van der Waals surface area contributed by atoms with Crippen LogP contribution >= 0.6 is 23.7 Å². The molecular formula is C38H41ClN4O4S. The number of anilines is 1. The fourth-order valence-electron chi connectivity index (χ4n) is 6.13. The molecule has 10 heteroatoms. The van der Waals surface area contributed by atoms with Crippen LogP contribution in [0.1, 0.15) is 25.7 Å². The zero-order valence-electron chi connectivity index (χ0n) is 26.9. The molecular weight excluding hydrogens is 644 g/mol. The van der Waals surface area contributed by atoms with Crippen LogP contribution in [0.3, 0.4) is 0 Å². The highest BCUT2D eigenvalue weighted by molar-refractivity contribution is 7.17. The quantitative estimate of drug-likeness (QED) is 0.117. The Balaban J connectivity index is 0.00000401. The number of aromatic nitrogens is 2. The number of nitrogens with zero attached hydrogens (tertiary/aromatic N) is 3. The van der Waals surface area contributed by atoms with E-state index in [0.29, 0.717) is 25.7 Å². The predicted molar refractivity (Wildman–Crippen MR) is 199 cm³/mol. The number of H-pyrrole nitrogens is 1. The fraction of sp³-hybridized carbons (Fsp3) is 0.316. The fourth-order valence-corrected chi connectivity index (χ4v) is 6.94. The molecule has 0 aliphatic carbocycles. The van der Waals surface area contributed by atoms with Gasteiger partial charge in [0.15, 0.2) is 0 Å². The molecule has 0 radical (unpaired) electrons. The summed E-state index contributed by atoms with van der Waals surface area (Å²) >= 11 is 1.82. The van der Waals surface area contributed by atoms with Gasteiger partial charge in [0.25, 0.3) is 0 Å². The second-order valence-corrected chi connectivity index (χ2v) is 12.9. The predicted octanol–water partition coefficient (Wildman–Crippen LogP) is 7.93. The number of halogens is 1. The summed E-state index contributed by atoms with van der Waals surface area (Å²) in [6, 6.07) is 28.0. The van der Waals surface area contributed by atoms with Crippen LogP contribution in [0.15, 0.2) is 95.1 Å². The minimum absolute atomic E-state index is 0. The second-order valence-electron chi connectivity index (χ2n) is 12.0. The van der Waals surface area contributed by atoms with Crippen LogP contribution in [0.2, 0.25) is 0 Å². The largest absolute Gasteiger partial charge is 0.494 e. The van der Waals surface area contributed by atoms with Crippen molar-refractivity contribution in [1.29, 1.82) is 0 Å². The Morgan fingerprint density at radius 2 is 1.44 bits per heavy atom. The molecule has 8 nitrogen and oxygen atoms in total.